The third-order valence-electron chi connectivity index (χ3n) is 6.14. The van der Waals surface area contributed by atoms with Gasteiger partial charge in [-0.1, -0.05) is 20.8 Å². The summed E-state index contributed by atoms with van der Waals surface area (Å²) in [4.78, 5) is 7.81. The quantitative estimate of drug-likeness (QED) is 0.789. The molecule has 2 aliphatic rings. The van der Waals surface area contributed by atoms with E-state index in [1.54, 1.807) is 0 Å². The molecule has 2 rings (SSSR count). The highest BCUT2D eigenvalue weighted by Gasteiger charge is 2.37. The Hall–Kier alpha value is -0.120. The molecule has 0 bridgehead atoms. The monoisotopic (exact) mass is 295 g/mol. The summed E-state index contributed by atoms with van der Waals surface area (Å²) in [5.41, 5.74) is 0.452. The first-order valence-corrected chi connectivity index (χ1v) is 8.96. The maximum absolute atomic E-state index is 2.66. The minimum absolute atomic E-state index is 0.452. The highest BCUT2D eigenvalue weighted by molar-refractivity contribution is 4.92. The second-order valence-electron chi connectivity index (χ2n) is 8.32. The van der Waals surface area contributed by atoms with Crippen LogP contribution in [0.1, 0.15) is 47.0 Å². The van der Waals surface area contributed by atoms with Crippen LogP contribution in [0.2, 0.25) is 0 Å². The lowest BCUT2D eigenvalue weighted by Gasteiger charge is -2.48. The van der Waals surface area contributed by atoms with E-state index in [2.05, 4.69) is 56.5 Å². The summed E-state index contributed by atoms with van der Waals surface area (Å²) in [5.74, 6) is 0.860. The molecular weight excluding hydrogens is 258 g/mol. The minimum Gasteiger partial charge on any atom is -0.306 e. The zero-order valence-electron chi connectivity index (χ0n) is 15.2. The molecule has 3 unspecified atom stereocenters. The number of piperidine rings is 1. The van der Waals surface area contributed by atoms with Gasteiger partial charge < -0.3 is 9.80 Å². The lowest BCUT2D eigenvalue weighted by molar-refractivity contribution is 0.0117. The summed E-state index contributed by atoms with van der Waals surface area (Å²) in [6, 6.07) is 1.43. The Morgan fingerprint density at radius 2 is 1.81 bits per heavy atom. The van der Waals surface area contributed by atoms with Gasteiger partial charge in [0.05, 0.1) is 0 Å². The Bertz CT molecular complexity index is 328. The Labute approximate surface area is 132 Å². The smallest absolute Gasteiger partial charge is 0.0226 e. The minimum atomic E-state index is 0.452. The van der Waals surface area contributed by atoms with Crippen LogP contribution in [0.15, 0.2) is 0 Å². The van der Waals surface area contributed by atoms with Crippen LogP contribution < -0.4 is 0 Å². The summed E-state index contributed by atoms with van der Waals surface area (Å²) in [7, 11) is 4.62. The van der Waals surface area contributed by atoms with E-state index in [-0.39, 0.29) is 0 Å². The molecule has 0 spiro atoms. The molecule has 0 saturated carbocycles. The van der Waals surface area contributed by atoms with Gasteiger partial charge in [0.25, 0.3) is 0 Å². The van der Waals surface area contributed by atoms with E-state index in [9.17, 15) is 0 Å². The van der Waals surface area contributed by atoms with E-state index < -0.39 is 0 Å². The predicted octanol–water partition coefficient (Wildman–Crippen LogP) is 2.77. The Morgan fingerprint density at radius 3 is 2.43 bits per heavy atom. The second-order valence-corrected chi connectivity index (χ2v) is 8.32. The van der Waals surface area contributed by atoms with E-state index >= 15 is 0 Å². The fourth-order valence-electron chi connectivity index (χ4n) is 4.51. The van der Waals surface area contributed by atoms with Crippen LogP contribution in [-0.4, -0.2) is 73.6 Å². The van der Waals surface area contributed by atoms with Gasteiger partial charge in [0.2, 0.25) is 0 Å². The van der Waals surface area contributed by atoms with E-state index in [1.165, 1.54) is 52.0 Å². The highest BCUT2D eigenvalue weighted by Crippen LogP contribution is 2.39. The maximum atomic E-state index is 2.66. The van der Waals surface area contributed by atoms with Gasteiger partial charge in [-0.2, -0.15) is 0 Å². The SMILES string of the molecule is CCN1CC(CC(C)(C)C2CCCN(C)C2)N(C)CC1C. The third kappa shape index (κ3) is 4.20. The summed E-state index contributed by atoms with van der Waals surface area (Å²) < 4.78 is 0. The zero-order valence-corrected chi connectivity index (χ0v) is 15.2. The van der Waals surface area contributed by atoms with Gasteiger partial charge in [-0.15, -0.1) is 0 Å². The van der Waals surface area contributed by atoms with Crippen LogP contribution in [0, 0.1) is 11.3 Å². The van der Waals surface area contributed by atoms with Crippen LogP contribution in [0.3, 0.4) is 0 Å². The number of rotatable bonds is 4. The Kier molecular flexibility index (Phi) is 5.72. The molecule has 3 nitrogen and oxygen atoms in total. The summed E-state index contributed by atoms with van der Waals surface area (Å²) in [6.07, 6.45) is 4.14. The summed E-state index contributed by atoms with van der Waals surface area (Å²) >= 11 is 0. The van der Waals surface area contributed by atoms with E-state index in [0.717, 1.165) is 12.0 Å². The number of likely N-dealkylation sites (tertiary alicyclic amines) is 1. The van der Waals surface area contributed by atoms with Crippen molar-refractivity contribution in [1.82, 2.24) is 14.7 Å². The van der Waals surface area contributed by atoms with Crippen LogP contribution in [0.25, 0.3) is 0 Å². The molecule has 0 aromatic rings. The summed E-state index contributed by atoms with van der Waals surface area (Å²) in [5, 5.41) is 0. The Balaban J connectivity index is 1.98. The van der Waals surface area contributed by atoms with Crippen molar-refractivity contribution in [2.24, 2.45) is 11.3 Å². The number of piperazine rings is 1. The number of hydrogen-bond acceptors (Lipinski definition) is 3. The molecule has 2 aliphatic heterocycles. The fraction of sp³-hybridized carbons (Fsp3) is 1.00. The Morgan fingerprint density at radius 1 is 1.10 bits per heavy atom. The topological polar surface area (TPSA) is 9.72 Å². The van der Waals surface area contributed by atoms with Crippen molar-refractivity contribution < 1.29 is 0 Å². The molecule has 0 aromatic heterocycles. The lowest BCUT2D eigenvalue weighted by Crippen LogP contribution is -2.57. The van der Waals surface area contributed by atoms with Gasteiger partial charge in [0.15, 0.2) is 0 Å². The van der Waals surface area contributed by atoms with E-state index in [0.29, 0.717) is 11.5 Å². The molecule has 3 heteroatoms. The van der Waals surface area contributed by atoms with E-state index in [4.69, 9.17) is 0 Å². The first-order chi connectivity index (χ1) is 9.83. The van der Waals surface area contributed by atoms with Gasteiger partial charge >= 0.3 is 0 Å². The van der Waals surface area contributed by atoms with Crippen molar-refractivity contribution in [3.63, 3.8) is 0 Å². The van der Waals surface area contributed by atoms with Crippen molar-refractivity contribution in [3.8, 4) is 0 Å². The van der Waals surface area contributed by atoms with Crippen molar-refractivity contribution >= 4 is 0 Å². The van der Waals surface area contributed by atoms with E-state index in [1.807, 2.05) is 0 Å². The van der Waals surface area contributed by atoms with Crippen LogP contribution in [-0.2, 0) is 0 Å². The van der Waals surface area contributed by atoms with Gasteiger partial charge in [0, 0.05) is 31.7 Å². The van der Waals surface area contributed by atoms with Crippen molar-refractivity contribution in [3.05, 3.63) is 0 Å². The molecule has 2 heterocycles. The van der Waals surface area contributed by atoms with Crippen molar-refractivity contribution in [2.75, 3.05) is 46.8 Å². The van der Waals surface area contributed by atoms with Gasteiger partial charge in [-0.25, -0.2) is 0 Å². The molecule has 2 fully saturated rings. The molecule has 0 N–H and O–H groups in total. The van der Waals surface area contributed by atoms with Crippen molar-refractivity contribution in [2.45, 2.75) is 59.0 Å². The maximum Gasteiger partial charge on any atom is 0.0226 e. The standard InChI is InChI=1S/C18H37N3/c1-7-21-14-17(20(6)12-15(21)2)11-18(3,4)16-9-8-10-19(5)13-16/h15-17H,7-14H2,1-6H3. The second kappa shape index (κ2) is 6.97. The van der Waals surface area contributed by atoms with Gasteiger partial charge in [-0.05, 0) is 64.7 Å². The van der Waals surface area contributed by atoms with Crippen LogP contribution in [0.4, 0.5) is 0 Å². The van der Waals surface area contributed by atoms with Crippen molar-refractivity contribution in [1.29, 1.82) is 0 Å². The van der Waals surface area contributed by atoms with Gasteiger partial charge in [-0.3, -0.25) is 4.90 Å². The van der Waals surface area contributed by atoms with Gasteiger partial charge in [0.1, 0.15) is 0 Å². The molecular formula is C18H37N3. The van der Waals surface area contributed by atoms with Crippen LogP contribution in [0.5, 0.6) is 0 Å². The fourth-order valence-corrected chi connectivity index (χ4v) is 4.51. The molecule has 3 atom stereocenters. The molecule has 2 saturated heterocycles. The normalized spacial score (nSPS) is 34.3. The van der Waals surface area contributed by atoms with Crippen LogP contribution >= 0.6 is 0 Å². The first-order valence-electron chi connectivity index (χ1n) is 8.96. The molecule has 0 aliphatic carbocycles. The average molecular weight is 296 g/mol. The number of hydrogen-bond donors (Lipinski definition) is 0. The molecule has 21 heavy (non-hydrogen) atoms. The first kappa shape index (κ1) is 17.2. The number of nitrogens with zero attached hydrogens (tertiary/aromatic N) is 3. The zero-order chi connectivity index (χ0) is 15.6. The highest BCUT2D eigenvalue weighted by atomic mass is 15.3. The molecule has 0 radical (unpaired) electrons. The third-order valence-corrected chi connectivity index (χ3v) is 6.14. The lowest BCUT2D eigenvalue weighted by atomic mass is 9.70. The largest absolute Gasteiger partial charge is 0.306 e. The predicted molar refractivity (Wildman–Crippen MR) is 91.7 cm³/mol. The summed E-state index contributed by atoms with van der Waals surface area (Å²) in [6.45, 7) is 15.9. The molecule has 124 valence electrons. The number of likely N-dealkylation sites (N-methyl/N-ethyl adjacent to an activating group) is 2. The molecule has 0 aromatic carbocycles. The molecule has 0 amide bonds. The average Bonchev–Trinajstić information content (AvgIpc) is 2.42.